The second-order valence-corrected chi connectivity index (χ2v) is 4.73. The Morgan fingerprint density at radius 2 is 1.85 bits per heavy atom. The van der Waals surface area contributed by atoms with Crippen molar-refractivity contribution < 1.29 is 0 Å². The minimum atomic E-state index is 0.172. The van der Waals surface area contributed by atoms with Crippen molar-refractivity contribution in [2.75, 3.05) is 10.7 Å². The van der Waals surface area contributed by atoms with Gasteiger partial charge in [0.05, 0.1) is 0 Å². The quantitative estimate of drug-likeness (QED) is 0.556. The van der Waals surface area contributed by atoms with Crippen LogP contribution in [0.25, 0.3) is 0 Å². The summed E-state index contributed by atoms with van der Waals surface area (Å²) in [6, 6.07) is 12.2. The van der Waals surface area contributed by atoms with E-state index < -0.39 is 0 Å². The molecule has 1 heterocycles. The van der Waals surface area contributed by atoms with Crippen LogP contribution in [0, 0.1) is 0 Å². The molecule has 4 N–H and O–H groups in total. The van der Waals surface area contributed by atoms with Gasteiger partial charge in [-0.15, -0.1) is 0 Å². The van der Waals surface area contributed by atoms with Gasteiger partial charge in [0.15, 0.2) is 0 Å². The topological polar surface area (TPSA) is 75.9 Å². The molecule has 2 rings (SSSR count). The van der Waals surface area contributed by atoms with E-state index in [0.29, 0.717) is 5.82 Å². The van der Waals surface area contributed by atoms with E-state index >= 15 is 0 Å². The third-order valence-corrected chi connectivity index (χ3v) is 3.06. The van der Waals surface area contributed by atoms with Crippen LogP contribution in [-0.4, -0.2) is 9.97 Å². The molecular formula is C15H21N5. The summed E-state index contributed by atoms with van der Waals surface area (Å²) in [6.07, 6.45) is 1.84. The predicted octanol–water partition coefficient (Wildman–Crippen LogP) is 2.89. The molecule has 0 radical (unpaired) electrons. The lowest BCUT2D eigenvalue weighted by Gasteiger charge is -2.16. The maximum Gasteiger partial charge on any atom is 0.145 e. The highest BCUT2D eigenvalue weighted by Gasteiger charge is 2.08. The molecule has 106 valence electrons. The fourth-order valence-corrected chi connectivity index (χ4v) is 2.03. The molecule has 0 aliphatic rings. The van der Waals surface area contributed by atoms with E-state index in [9.17, 15) is 0 Å². The highest BCUT2D eigenvalue weighted by atomic mass is 15.3. The number of hydrogen-bond donors (Lipinski definition) is 3. The summed E-state index contributed by atoms with van der Waals surface area (Å²) in [5, 5.41) is 3.39. The van der Waals surface area contributed by atoms with Crippen LogP contribution < -0.4 is 16.6 Å². The number of benzene rings is 1. The second kappa shape index (κ2) is 6.86. The van der Waals surface area contributed by atoms with Crippen molar-refractivity contribution in [1.82, 2.24) is 9.97 Å². The van der Waals surface area contributed by atoms with E-state index in [2.05, 4.69) is 46.7 Å². The molecule has 0 bridgehead atoms. The second-order valence-electron chi connectivity index (χ2n) is 4.73. The van der Waals surface area contributed by atoms with Gasteiger partial charge in [0.25, 0.3) is 0 Å². The summed E-state index contributed by atoms with van der Waals surface area (Å²) in [7, 11) is 0. The molecule has 5 nitrogen and oxygen atoms in total. The number of nitrogens with zero attached hydrogens (tertiary/aromatic N) is 2. The van der Waals surface area contributed by atoms with Gasteiger partial charge < -0.3 is 10.7 Å². The zero-order chi connectivity index (χ0) is 14.4. The third kappa shape index (κ3) is 3.68. The number of hydrazine groups is 1. The van der Waals surface area contributed by atoms with Crippen LogP contribution in [0.4, 0.5) is 11.6 Å². The molecule has 2 aromatic rings. The molecule has 5 heteroatoms. The van der Waals surface area contributed by atoms with Gasteiger partial charge in [-0.25, -0.2) is 15.8 Å². The molecule has 0 fully saturated rings. The molecule has 0 saturated heterocycles. The average Bonchev–Trinajstić information content (AvgIpc) is 2.48. The van der Waals surface area contributed by atoms with E-state index in [-0.39, 0.29) is 6.04 Å². The van der Waals surface area contributed by atoms with E-state index in [4.69, 9.17) is 5.84 Å². The summed E-state index contributed by atoms with van der Waals surface area (Å²) in [6.45, 7) is 4.21. The zero-order valence-corrected chi connectivity index (χ0v) is 11.9. The summed E-state index contributed by atoms with van der Waals surface area (Å²) < 4.78 is 0. The number of rotatable bonds is 6. The van der Waals surface area contributed by atoms with Gasteiger partial charge in [-0.3, -0.25) is 0 Å². The summed E-state index contributed by atoms with van der Waals surface area (Å²) >= 11 is 0. The summed E-state index contributed by atoms with van der Waals surface area (Å²) in [5.74, 6) is 7.67. The lowest BCUT2D eigenvalue weighted by molar-refractivity contribution is 0.819. The number of anilines is 2. The van der Waals surface area contributed by atoms with Crippen LogP contribution in [0.2, 0.25) is 0 Å². The minimum absolute atomic E-state index is 0.172. The largest absolute Gasteiger partial charge is 0.363 e. The SMILES string of the molecule is CCCc1nc(NN)cc(NC(C)c2ccccc2)n1. The molecule has 1 aromatic heterocycles. The van der Waals surface area contributed by atoms with Crippen LogP contribution >= 0.6 is 0 Å². The van der Waals surface area contributed by atoms with Gasteiger partial charge in [0.1, 0.15) is 17.5 Å². The van der Waals surface area contributed by atoms with Crippen molar-refractivity contribution >= 4 is 11.6 Å². The molecule has 0 amide bonds. The number of hydrogen-bond acceptors (Lipinski definition) is 5. The Morgan fingerprint density at radius 1 is 1.15 bits per heavy atom. The van der Waals surface area contributed by atoms with E-state index in [1.165, 1.54) is 5.56 Å². The Bertz CT molecular complexity index is 541. The van der Waals surface area contributed by atoms with Gasteiger partial charge in [0.2, 0.25) is 0 Å². The zero-order valence-electron chi connectivity index (χ0n) is 11.9. The fourth-order valence-electron chi connectivity index (χ4n) is 2.03. The van der Waals surface area contributed by atoms with Crippen molar-refractivity contribution in [3.8, 4) is 0 Å². The highest BCUT2D eigenvalue weighted by molar-refractivity contribution is 5.48. The first kappa shape index (κ1) is 14.3. The molecule has 1 atom stereocenters. The Labute approximate surface area is 119 Å². The standard InChI is InChI=1S/C15H21N5/c1-3-7-13-18-14(10-15(19-13)20-16)17-11(2)12-8-5-4-6-9-12/h4-6,8-11H,3,7,16H2,1-2H3,(H2,17,18,19,20). The van der Waals surface area contributed by atoms with Crippen LogP contribution in [0.5, 0.6) is 0 Å². The first-order valence-electron chi connectivity index (χ1n) is 6.89. The van der Waals surface area contributed by atoms with Crippen LogP contribution in [0.15, 0.2) is 36.4 Å². The van der Waals surface area contributed by atoms with Gasteiger partial charge in [-0.05, 0) is 18.9 Å². The third-order valence-electron chi connectivity index (χ3n) is 3.06. The van der Waals surface area contributed by atoms with Crippen molar-refractivity contribution in [3.05, 3.63) is 47.8 Å². The molecule has 1 unspecified atom stereocenters. The number of aryl methyl sites for hydroxylation is 1. The molecule has 0 spiro atoms. The predicted molar refractivity (Wildman–Crippen MR) is 82.3 cm³/mol. The number of nitrogen functional groups attached to an aromatic ring is 1. The monoisotopic (exact) mass is 271 g/mol. The maximum absolute atomic E-state index is 5.46. The van der Waals surface area contributed by atoms with E-state index in [0.717, 1.165) is 24.5 Å². The lowest BCUT2D eigenvalue weighted by atomic mass is 10.1. The van der Waals surface area contributed by atoms with E-state index in [1.54, 1.807) is 0 Å². The Kier molecular flexibility index (Phi) is 4.90. The highest BCUT2D eigenvalue weighted by Crippen LogP contribution is 2.19. The first-order valence-corrected chi connectivity index (χ1v) is 6.89. The number of aromatic nitrogens is 2. The number of nitrogens with two attached hydrogens (primary N) is 1. The van der Waals surface area contributed by atoms with Crippen LogP contribution in [0.1, 0.15) is 37.7 Å². The molecule has 1 aromatic carbocycles. The molecule has 0 aliphatic carbocycles. The molecule has 20 heavy (non-hydrogen) atoms. The minimum Gasteiger partial charge on any atom is -0.363 e. The van der Waals surface area contributed by atoms with Crippen molar-refractivity contribution in [2.24, 2.45) is 5.84 Å². The van der Waals surface area contributed by atoms with E-state index in [1.807, 2.05) is 24.3 Å². The Hall–Kier alpha value is -2.14. The summed E-state index contributed by atoms with van der Waals surface area (Å²) in [4.78, 5) is 8.85. The molecule has 0 saturated carbocycles. The van der Waals surface area contributed by atoms with Crippen molar-refractivity contribution in [1.29, 1.82) is 0 Å². The lowest BCUT2D eigenvalue weighted by Crippen LogP contribution is -2.13. The Balaban J connectivity index is 2.17. The van der Waals surface area contributed by atoms with Crippen molar-refractivity contribution in [2.45, 2.75) is 32.7 Å². The van der Waals surface area contributed by atoms with Gasteiger partial charge in [0, 0.05) is 18.5 Å². The van der Waals surface area contributed by atoms with Gasteiger partial charge in [-0.1, -0.05) is 37.3 Å². The van der Waals surface area contributed by atoms with Gasteiger partial charge >= 0.3 is 0 Å². The van der Waals surface area contributed by atoms with Crippen LogP contribution in [-0.2, 0) is 6.42 Å². The molecule has 0 aliphatic heterocycles. The van der Waals surface area contributed by atoms with Gasteiger partial charge in [-0.2, -0.15) is 0 Å². The maximum atomic E-state index is 5.46. The van der Waals surface area contributed by atoms with Crippen molar-refractivity contribution in [3.63, 3.8) is 0 Å². The fraction of sp³-hybridized carbons (Fsp3) is 0.333. The number of nitrogens with one attached hydrogen (secondary N) is 2. The van der Waals surface area contributed by atoms with Crippen LogP contribution in [0.3, 0.4) is 0 Å². The molecular weight excluding hydrogens is 250 g/mol. The Morgan fingerprint density at radius 3 is 2.50 bits per heavy atom. The first-order chi connectivity index (χ1) is 9.72. The summed E-state index contributed by atoms with van der Waals surface area (Å²) in [5.41, 5.74) is 3.80. The smallest absolute Gasteiger partial charge is 0.145 e. The average molecular weight is 271 g/mol. The normalized spacial score (nSPS) is 11.9.